The Labute approximate surface area is 105 Å². The summed E-state index contributed by atoms with van der Waals surface area (Å²) in [6.45, 7) is -0.210. The number of aromatic amines is 1. The number of rotatable bonds is 3. The van der Waals surface area contributed by atoms with Crippen LogP contribution >= 0.6 is 0 Å². The van der Waals surface area contributed by atoms with Gasteiger partial charge in [0.1, 0.15) is 23.7 Å². The number of carbonyl (C=O) groups excluding carboxylic acids is 1. The lowest BCUT2D eigenvalue weighted by molar-refractivity contribution is 0.0946. The summed E-state index contributed by atoms with van der Waals surface area (Å²) in [7, 11) is 0. The molecule has 0 bridgehead atoms. The van der Waals surface area contributed by atoms with Gasteiger partial charge >= 0.3 is 0 Å². The van der Waals surface area contributed by atoms with Gasteiger partial charge in [-0.2, -0.15) is 0 Å². The third kappa shape index (κ3) is 2.97. The van der Waals surface area contributed by atoms with E-state index in [1.165, 1.54) is 0 Å². The molecule has 0 spiro atoms. The standard InChI is InChI=1S/C11H8F2N4O2/c12-6-1-2-7(8(13)3-6)10(18)14-4-9-11(19)15-5-16-17-9/h1-3,5H,4H2,(H,14,18)(H,15,16,19). The lowest BCUT2D eigenvalue weighted by Crippen LogP contribution is -2.28. The average molecular weight is 266 g/mol. The van der Waals surface area contributed by atoms with Gasteiger partial charge in [0.05, 0.1) is 12.1 Å². The Morgan fingerprint density at radius 2 is 2.16 bits per heavy atom. The van der Waals surface area contributed by atoms with Crippen molar-refractivity contribution in [3.05, 3.63) is 57.8 Å². The summed E-state index contributed by atoms with van der Waals surface area (Å²) in [6.07, 6.45) is 1.10. The van der Waals surface area contributed by atoms with Crippen molar-refractivity contribution in [3.8, 4) is 0 Å². The molecular formula is C11H8F2N4O2. The van der Waals surface area contributed by atoms with Crippen LogP contribution in [0.25, 0.3) is 0 Å². The highest BCUT2D eigenvalue weighted by atomic mass is 19.1. The number of nitrogens with one attached hydrogen (secondary N) is 2. The van der Waals surface area contributed by atoms with E-state index in [0.717, 1.165) is 18.5 Å². The van der Waals surface area contributed by atoms with Crippen LogP contribution in [0.15, 0.2) is 29.3 Å². The molecule has 1 amide bonds. The second-order valence-corrected chi connectivity index (χ2v) is 3.57. The number of hydrogen-bond donors (Lipinski definition) is 2. The number of H-pyrrole nitrogens is 1. The Bertz CT molecular complexity index is 672. The van der Waals surface area contributed by atoms with Gasteiger partial charge in [0.25, 0.3) is 11.5 Å². The molecule has 1 aromatic carbocycles. The lowest BCUT2D eigenvalue weighted by Gasteiger charge is -2.04. The Morgan fingerprint density at radius 1 is 1.37 bits per heavy atom. The minimum atomic E-state index is -0.981. The number of carbonyl (C=O) groups is 1. The maximum absolute atomic E-state index is 13.3. The van der Waals surface area contributed by atoms with E-state index in [9.17, 15) is 18.4 Å². The van der Waals surface area contributed by atoms with Gasteiger partial charge in [-0.25, -0.2) is 8.78 Å². The van der Waals surface area contributed by atoms with E-state index >= 15 is 0 Å². The van der Waals surface area contributed by atoms with Crippen molar-refractivity contribution in [1.82, 2.24) is 20.5 Å². The lowest BCUT2D eigenvalue weighted by atomic mass is 10.2. The van der Waals surface area contributed by atoms with Gasteiger partial charge < -0.3 is 10.3 Å². The number of amides is 1. The monoisotopic (exact) mass is 266 g/mol. The van der Waals surface area contributed by atoms with Crippen LogP contribution in [-0.2, 0) is 6.54 Å². The van der Waals surface area contributed by atoms with Gasteiger partial charge in [-0.15, -0.1) is 10.2 Å². The van der Waals surface area contributed by atoms with E-state index in [4.69, 9.17) is 0 Å². The second-order valence-electron chi connectivity index (χ2n) is 3.57. The van der Waals surface area contributed by atoms with Gasteiger partial charge in [-0.05, 0) is 12.1 Å². The first kappa shape index (κ1) is 12.8. The third-order valence-corrected chi connectivity index (χ3v) is 2.29. The summed E-state index contributed by atoms with van der Waals surface area (Å²) in [6, 6.07) is 2.58. The zero-order chi connectivity index (χ0) is 13.8. The van der Waals surface area contributed by atoms with E-state index in [1.807, 2.05) is 0 Å². The first-order valence-electron chi connectivity index (χ1n) is 5.20. The highest BCUT2D eigenvalue weighted by molar-refractivity contribution is 5.94. The number of nitrogens with zero attached hydrogens (tertiary/aromatic N) is 2. The van der Waals surface area contributed by atoms with Gasteiger partial charge in [-0.3, -0.25) is 9.59 Å². The summed E-state index contributed by atoms with van der Waals surface area (Å²) >= 11 is 0. The van der Waals surface area contributed by atoms with E-state index in [-0.39, 0.29) is 17.8 Å². The molecule has 0 saturated heterocycles. The molecule has 0 radical (unpaired) electrons. The fourth-order valence-corrected chi connectivity index (χ4v) is 1.36. The molecule has 0 unspecified atom stereocenters. The Morgan fingerprint density at radius 3 is 2.84 bits per heavy atom. The summed E-state index contributed by atoms with van der Waals surface area (Å²) in [5, 5.41) is 9.26. The molecule has 1 heterocycles. The van der Waals surface area contributed by atoms with Gasteiger partial charge in [0.2, 0.25) is 0 Å². The predicted octanol–water partition coefficient (Wildman–Crippen LogP) is 0.373. The Kier molecular flexibility index (Phi) is 3.60. The number of halogens is 2. The molecule has 0 atom stereocenters. The van der Waals surface area contributed by atoms with Crippen molar-refractivity contribution in [3.63, 3.8) is 0 Å². The van der Waals surface area contributed by atoms with Crippen molar-refractivity contribution in [2.75, 3.05) is 0 Å². The molecule has 2 rings (SSSR count). The predicted molar refractivity (Wildman–Crippen MR) is 60.2 cm³/mol. The van der Waals surface area contributed by atoms with E-state index < -0.39 is 23.1 Å². The molecule has 6 nitrogen and oxygen atoms in total. The molecular weight excluding hydrogens is 258 g/mol. The van der Waals surface area contributed by atoms with E-state index in [1.54, 1.807) is 0 Å². The Hall–Kier alpha value is -2.64. The van der Waals surface area contributed by atoms with Crippen LogP contribution in [0.5, 0.6) is 0 Å². The van der Waals surface area contributed by atoms with Crippen LogP contribution in [0, 0.1) is 11.6 Å². The largest absolute Gasteiger partial charge is 0.346 e. The van der Waals surface area contributed by atoms with Crippen molar-refractivity contribution < 1.29 is 13.6 Å². The number of hydrogen-bond acceptors (Lipinski definition) is 4. The Balaban J connectivity index is 2.10. The number of benzene rings is 1. The van der Waals surface area contributed by atoms with Crippen molar-refractivity contribution in [1.29, 1.82) is 0 Å². The molecule has 0 saturated carbocycles. The molecule has 19 heavy (non-hydrogen) atoms. The minimum absolute atomic E-state index is 0.0154. The number of aromatic nitrogens is 3. The van der Waals surface area contributed by atoms with Gasteiger partial charge in [0.15, 0.2) is 0 Å². The maximum Gasteiger partial charge on any atom is 0.274 e. The van der Waals surface area contributed by atoms with E-state index in [0.29, 0.717) is 6.07 Å². The molecule has 0 aliphatic carbocycles. The first-order chi connectivity index (χ1) is 9.08. The zero-order valence-electron chi connectivity index (χ0n) is 9.48. The fraction of sp³-hybridized carbons (Fsp3) is 0.0909. The molecule has 2 N–H and O–H groups in total. The topological polar surface area (TPSA) is 87.7 Å². The highest BCUT2D eigenvalue weighted by Gasteiger charge is 2.13. The molecule has 2 aromatic rings. The SMILES string of the molecule is O=C(NCc1nnc[nH]c1=O)c1ccc(F)cc1F. The maximum atomic E-state index is 13.3. The quantitative estimate of drug-likeness (QED) is 0.840. The van der Waals surface area contributed by atoms with Gasteiger partial charge in [0, 0.05) is 6.07 Å². The fourth-order valence-electron chi connectivity index (χ4n) is 1.36. The molecule has 0 fully saturated rings. The van der Waals surface area contributed by atoms with E-state index in [2.05, 4.69) is 20.5 Å². The molecule has 0 aliphatic rings. The van der Waals surface area contributed by atoms with Crippen LogP contribution in [0.4, 0.5) is 8.78 Å². The minimum Gasteiger partial charge on any atom is -0.346 e. The van der Waals surface area contributed by atoms with Crippen LogP contribution in [-0.4, -0.2) is 21.1 Å². The van der Waals surface area contributed by atoms with Crippen LogP contribution in [0.2, 0.25) is 0 Å². The first-order valence-corrected chi connectivity index (χ1v) is 5.20. The van der Waals surface area contributed by atoms with Crippen LogP contribution in [0.3, 0.4) is 0 Å². The molecule has 98 valence electrons. The van der Waals surface area contributed by atoms with Crippen molar-refractivity contribution in [2.24, 2.45) is 0 Å². The summed E-state index contributed by atoms with van der Waals surface area (Å²) in [4.78, 5) is 25.2. The second kappa shape index (κ2) is 5.34. The summed E-state index contributed by atoms with van der Waals surface area (Å²) in [5.74, 6) is -2.53. The zero-order valence-corrected chi connectivity index (χ0v) is 9.48. The summed E-state index contributed by atoms with van der Waals surface area (Å²) < 4.78 is 26.0. The van der Waals surface area contributed by atoms with Crippen molar-refractivity contribution in [2.45, 2.75) is 6.54 Å². The van der Waals surface area contributed by atoms with Crippen LogP contribution < -0.4 is 10.9 Å². The summed E-state index contributed by atoms with van der Waals surface area (Å²) in [5.41, 5.74) is -0.838. The molecule has 1 aromatic heterocycles. The molecule has 8 heteroatoms. The smallest absolute Gasteiger partial charge is 0.274 e. The van der Waals surface area contributed by atoms with Crippen molar-refractivity contribution >= 4 is 5.91 Å². The normalized spacial score (nSPS) is 10.2. The van der Waals surface area contributed by atoms with Gasteiger partial charge in [-0.1, -0.05) is 0 Å². The third-order valence-electron chi connectivity index (χ3n) is 2.29. The molecule has 0 aliphatic heterocycles. The average Bonchev–Trinajstić information content (AvgIpc) is 2.37. The highest BCUT2D eigenvalue weighted by Crippen LogP contribution is 2.09. The van der Waals surface area contributed by atoms with Crippen LogP contribution in [0.1, 0.15) is 16.1 Å².